The Kier molecular flexibility index (Phi) is 8.49. The van der Waals surface area contributed by atoms with Crippen molar-refractivity contribution in [3.8, 4) is 16.9 Å². The van der Waals surface area contributed by atoms with Gasteiger partial charge >= 0.3 is 0 Å². The average molecular weight is 633 g/mol. The zero-order valence-electron chi connectivity index (χ0n) is 24.8. The number of aliphatic imine (C=N–C) groups is 1. The van der Waals surface area contributed by atoms with E-state index in [-0.39, 0.29) is 22.6 Å². The predicted molar refractivity (Wildman–Crippen MR) is 172 cm³/mol. The van der Waals surface area contributed by atoms with Crippen molar-refractivity contribution in [3.63, 3.8) is 0 Å². The molecule has 2 amide bonds. The molecular formula is C32H36N6O4S2. The molecule has 230 valence electrons. The van der Waals surface area contributed by atoms with Crippen LogP contribution in [0.3, 0.4) is 0 Å². The molecule has 2 saturated heterocycles. The summed E-state index contributed by atoms with van der Waals surface area (Å²) in [7, 11) is -3.70. The van der Waals surface area contributed by atoms with E-state index in [0.717, 1.165) is 12.1 Å². The van der Waals surface area contributed by atoms with E-state index in [2.05, 4.69) is 18.8 Å². The summed E-state index contributed by atoms with van der Waals surface area (Å²) < 4.78 is 30.8. The van der Waals surface area contributed by atoms with Crippen LogP contribution >= 0.6 is 11.8 Å². The van der Waals surface area contributed by atoms with Crippen LogP contribution in [0.25, 0.3) is 23.0 Å². The molecule has 0 radical (unpaired) electrons. The van der Waals surface area contributed by atoms with E-state index in [9.17, 15) is 18.0 Å². The van der Waals surface area contributed by atoms with Gasteiger partial charge in [0.25, 0.3) is 5.91 Å². The molecule has 6 rings (SSSR count). The Balaban J connectivity index is 1.33. The molecule has 0 saturated carbocycles. The lowest BCUT2D eigenvalue weighted by Gasteiger charge is -2.34. The number of likely N-dealkylation sites (tertiary alicyclic amines) is 1. The highest BCUT2D eigenvalue weighted by Crippen LogP contribution is 2.35. The van der Waals surface area contributed by atoms with E-state index in [1.54, 1.807) is 33.3 Å². The molecule has 2 aromatic carbocycles. The van der Waals surface area contributed by atoms with E-state index in [0.29, 0.717) is 77.8 Å². The Morgan fingerprint density at radius 1 is 1.02 bits per heavy atom. The summed E-state index contributed by atoms with van der Waals surface area (Å²) in [6, 6.07) is 16.5. The zero-order chi connectivity index (χ0) is 31.0. The molecule has 2 N–H and O–H groups in total. The number of primary amides is 1. The average Bonchev–Trinajstić information content (AvgIpc) is 3.61. The Morgan fingerprint density at radius 3 is 2.41 bits per heavy atom. The van der Waals surface area contributed by atoms with Crippen molar-refractivity contribution in [1.29, 1.82) is 0 Å². The molecule has 0 bridgehead atoms. The number of hydrogen-bond donors (Lipinski definition) is 1. The van der Waals surface area contributed by atoms with Crippen LogP contribution in [-0.2, 0) is 19.6 Å². The largest absolute Gasteiger partial charge is 0.369 e. The smallest absolute Gasteiger partial charge is 0.286 e. The fraction of sp³-hybridized carbons (Fsp3) is 0.375. The van der Waals surface area contributed by atoms with Gasteiger partial charge in [0.15, 0.2) is 5.17 Å². The summed E-state index contributed by atoms with van der Waals surface area (Å²) in [4.78, 5) is 31.6. The molecular weight excluding hydrogens is 597 g/mol. The molecule has 2 unspecified atom stereocenters. The number of piperidine rings is 2. The second kappa shape index (κ2) is 12.3. The number of amides is 2. The third-order valence-corrected chi connectivity index (χ3v) is 11.3. The molecule has 3 aliphatic heterocycles. The highest BCUT2D eigenvalue weighted by atomic mass is 32.2. The normalized spacial score (nSPS) is 22.9. The van der Waals surface area contributed by atoms with Crippen molar-refractivity contribution in [2.45, 2.75) is 38.0 Å². The SMILES string of the molecule is CC1CC(C)CN(S(=O)(=O)c2cccc(-c3nn(-c4ccccc4)cc3C=C3SC(N4CCC(C(N)=O)CC4)=NC3=O)c2)C1. The van der Waals surface area contributed by atoms with E-state index >= 15 is 0 Å². The fourth-order valence-corrected chi connectivity index (χ4v) is 8.90. The van der Waals surface area contributed by atoms with Gasteiger partial charge in [-0.1, -0.05) is 44.2 Å². The topological polar surface area (TPSA) is 131 Å². The molecule has 3 aromatic rings. The van der Waals surface area contributed by atoms with Crippen LogP contribution in [0.1, 0.15) is 38.7 Å². The summed E-state index contributed by atoms with van der Waals surface area (Å²) in [6.07, 6.45) is 5.89. The minimum absolute atomic E-state index is 0.156. The fourth-order valence-electron chi connectivity index (χ4n) is 6.21. The number of hydrogen-bond acceptors (Lipinski definition) is 7. The third-order valence-electron chi connectivity index (χ3n) is 8.41. The summed E-state index contributed by atoms with van der Waals surface area (Å²) >= 11 is 1.30. The zero-order valence-corrected chi connectivity index (χ0v) is 26.4. The molecule has 0 spiro atoms. The minimum Gasteiger partial charge on any atom is -0.369 e. The molecule has 12 heteroatoms. The molecule has 2 fully saturated rings. The maximum atomic E-state index is 13.7. The lowest BCUT2D eigenvalue weighted by atomic mass is 9.94. The van der Waals surface area contributed by atoms with Crippen molar-refractivity contribution < 1.29 is 18.0 Å². The van der Waals surface area contributed by atoms with Gasteiger partial charge in [-0.15, -0.1) is 0 Å². The number of carbonyl (C=O) groups is 2. The maximum Gasteiger partial charge on any atom is 0.286 e. The predicted octanol–water partition coefficient (Wildman–Crippen LogP) is 4.37. The number of benzene rings is 2. The second-order valence-corrected chi connectivity index (χ2v) is 14.9. The Hall–Kier alpha value is -3.74. The summed E-state index contributed by atoms with van der Waals surface area (Å²) in [6.45, 7) is 6.38. The minimum atomic E-state index is -3.70. The van der Waals surface area contributed by atoms with E-state index in [1.165, 1.54) is 11.8 Å². The van der Waals surface area contributed by atoms with Crippen molar-refractivity contribution in [2.75, 3.05) is 26.2 Å². The number of nitrogens with zero attached hydrogens (tertiary/aromatic N) is 5. The quantitative estimate of drug-likeness (QED) is 0.399. The molecule has 10 nitrogen and oxygen atoms in total. The number of amidine groups is 1. The van der Waals surface area contributed by atoms with Gasteiger partial charge in [0.2, 0.25) is 15.9 Å². The van der Waals surface area contributed by atoms with Crippen molar-refractivity contribution in [2.24, 2.45) is 28.5 Å². The van der Waals surface area contributed by atoms with Gasteiger partial charge < -0.3 is 10.6 Å². The lowest BCUT2D eigenvalue weighted by Crippen LogP contribution is -2.42. The first-order valence-electron chi connectivity index (χ1n) is 14.9. The van der Waals surface area contributed by atoms with Crippen LogP contribution < -0.4 is 5.73 Å². The Bertz CT molecular complexity index is 1730. The second-order valence-electron chi connectivity index (χ2n) is 12.0. The van der Waals surface area contributed by atoms with Crippen LogP contribution in [0.5, 0.6) is 0 Å². The van der Waals surface area contributed by atoms with Crippen LogP contribution in [-0.4, -0.2) is 70.6 Å². The number of rotatable bonds is 6. The monoisotopic (exact) mass is 632 g/mol. The van der Waals surface area contributed by atoms with E-state index in [1.807, 2.05) is 47.5 Å². The Labute approximate surface area is 262 Å². The van der Waals surface area contributed by atoms with Gasteiger partial charge in [-0.2, -0.15) is 14.4 Å². The highest BCUT2D eigenvalue weighted by Gasteiger charge is 2.33. The number of para-hydroxylation sites is 1. The standard InChI is InChI=1S/C32H36N6O4S2/c1-21-15-22(2)19-37(18-21)44(41,42)27-10-6-7-24(16-27)29-25(20-38(35-29)26-8-4-3-5-9-26)17-28-31(40)34-32(43-28)36-13-11-23(12-14-36)30(33)39/h3-10,16-17,20-23H,11-15,18-19H2,1-2H3,(H2,33,39). The van der Waals surface area contributed by atoms with Gasteiger partial charge in [-0.25, -0.2) is 13.1 Å². The molecule has 0 aliphatic carbocycles. The number of carbonyl (C=O) groups excluding carboxylic acids is 2. The van der Waals surface area contributed by atoms with E-state index in [4.69, 9.17) is 10.8 Å². The van der Waals surface area contributed by atoms with Gasteiger partial charge in [0, 0.05) is 49.4 Å². The summed E-state index contributed by atoms with van der Waals surface area (Å²) in [5.41, 5.74) is 8.18. The van der Waals surface area contributed by atoms with Gasteiger partial charge in [-0.05, 0) is 73.2 Å². The lowest BCUT2D eigenvalue weighted by molar-refractivity contribution is -0.123. The molecule has 1 aromatic heterocycles. The van der Waals surface area contributed by atoms with E-state index < -0.39 is 10.0 Å². The van der Waals surface area contributed by atoms with Crippen LogP contribution in [0.2, 0.25) is 0 Å². The van der Waals surface area contributed by atoms with Gasteiger partial charge in [-0.3, -0.25) is 9.59 Å². The maximum absolute atomic E-state index is 13.7. The first-order chi connectivity index (χ1) is 21.1. The number of thioether (sulfide) groups is 1. The first-order valence-corrected chi connectivity index (χ1v) is 17.2. The van der Waals surface area contributed by atoms with Crippen LogP contribution in [0.15, 0.2) is 75.6 Å². The number of aromatic nitrogens is 2. The van der Waals surface area contributed by atoms with Crippen LogP contribution in [0, 0.1) is 17.8 Å². The van der Waals surface area contributed by atoms with Crippen molar-refractivity contribution in [1.82, 2.24) is 19.0 Å². The molecule has 3 aliphatic rings. The third kappa shape index (κ3) is 6.24. The summed E-state index contributed by atoms with van der Waals surface area (Å²) in [5, 5.41) is 5.47. The summed E-state index contributed by atoms with van der Waals surface area (Å²) in [5.74, 6) is -0.205. The van der Waals surface area contributed by atoms with Gasteiger partial charge in [0.05, 0.1) is 15.5 Å². The highest BCUT2D eigenvalue weighted by molar-refractivity contribution is 8.18. The molecule has 2 atom stereocenters. The Morgan fingerprint density at radius 2 is 1.73 bits per heavy atom. The first kappa shape index (κ1) is 30.3. The van der Waals surface area contributed by atoms with Gasteiger partial charge in [0.1, 0.15) is 5.69 Å². The molecule has 4 heterocycles. The van der Waals surface area contributed by atoms with Crippen LogP contribution in [0.4, 0.5) is 0 Å². The number of nitrogens with two attached hydrogens (primary N) is 1. The number of sulfonamides is 1. The van der Waals surface area contributed by atoms with Crippen molar-refractivity contribution >= 4 is 44.8 Å². The molecule has 44 heavy (non-hydrogen) atoms. The van der Waals surface area contributed by atoms with Crippen molar-refractivity contribution in [3.05, 3.63) is 71.3 Å².